The number of ether oxygens (including phenoxy) is 2. The molecule has 0 bridgehead atoms. The first kappa shape index (κ1) is 11.6. The standard InChI is InChI=1S/C13H12N2O4/c16-12(17)6-9-7-14-15-13(9)8-1-2-10-11(5-8)19-4-3-18-10/h1-2,5,7H,3-4,6H2,(H,14,15)(H,16,17). The molecule has 2 N–H and O–H groups in total. The first-order chi connectivity index (χ1) is 9.24. The van der Waals surface area contributed by atoms with E-state index in [2.05, 4.69) is 10.2 Å². The second-order valence-corrected chi connectivity index (χ2v) is 4.20. The van der Waals surface area contributed by atoms with Crippen LogP contribution in [-0.2, 0) is 11.2 Å². The summed E-state index contributed by atoms with van der Waals surface area (Å²) >= 11 is 0. The Labute approximate surface area is 109 Å². The van der Waals surface area contributed by atoms with E-state index >= 15 is 0 Å². The molecular formula is C13H12N2O4. The van der Waals surface area contributed by atoms with Gasteiger partial charge in [-0.25, -0.2) is 0 Å². The summed E-state index contributed by atoms with van der Waals surface area (Å²) in [5, 5.41) is 15.6. The second-order valence-electron chi connectivity index (χ2n) is 4.20. The van der Waals surface area contributed by atoms with Crippen LogP contribution in [0.25, 0.3) is 11.3 Å². The number of nitrogens with zero attached hydrogens (tertiary/aromatic N) is 1. The molecule has 1 aromatic heterocycles. The van der Waals surface area contributed by atoms with Gasteiger partial charge in [0.15, 0.2) is 11.5 Å². The number of hydrogen-bond acceptors (Lipinski definition) is 4. The van der Waals surface area contributed by atoms with Crippen molar-refractivity contribution in [1.29, 1.82) is 0 Å². The predicted octanol–water partition coefficient (Wildman–Crippen LogP) is 1.47. The normalized spacial score (nSPS) is 13.3. The van der Waals surface area contributed by atoms with E-state index < -0.39 is 5.97 Å². The Morgan fingerprint density at radius 1 is 1.32 bits per heavy atom. The Kier molecular flexibility index (Phi) is 2.83. The van der Waals surface area contributed by atoms with Gasteiger partial charge in [0.1, 0.15) is 13.2 Å². The molecule has 2 aromatic rings. The quantitative estimate of drug-likeness (QED) is 0.873. The molecule has 2 heterocycles. The summed E-state index contributed by atoms with van der Waals surface area (Å²) in [4.78, 5) is 10.8. The van der Waals surface area contributed by atoms with Crippen molar-refractivity contribution < 1.29 is 19.4 Å². The van der Waals surface area contributed by atoms with Crippen LogP contribution in [0.5, 0.6) is 11.5 Å². The number of aromatic nitrogens is 2. The Hall–Kier alpha value is -2.50. The number of rotatable bonds is 3. The number of carboxylic acid groups (broad SMARTS) is 1. The van der Waals surface area contributed by atoms with Gasteiger partial charge in [0, 0.05) is 11.1 Å². The maximum absolute atomic E-state index is 10.8. The van der Waals surface area contributed by atoms with Gasteiger partial charge < -0.3 is 14.6 Å². The summed E-state index contributed by atoms with van der Waals surface area (Å²) in [5.41, 5.74) is 2.17. The Bertz CT molecular complexity index is 621. The van der Waals surface area contributed by atoms with Gasteiger partial charge in [0.05, 0.1) is 18.3 Å². The third kappa shape index (κ3) is 2.24. The number of carbonyl (C=O) groups is 1. The highest BCUT2D eigenvalue weighted by Gasteiger charge is 2.16. The number of carboxylic acids is 1. The molecular weight excluding hydrogens is 248 g/mol. The SMILES string of the molecule is O=C(O)Cc1cn[nH]c1-c1ccc2c(c1)OCCO2. The average Bonchev–Trinajstić information content (AvgIpc) is 2.85. The number of H-pyrrole nitrogens is 1. The zero-order valence-electron chi connectivity index (χ0n) is 10.0. The van der Waals surface area contributed by atoms with Gasteiger partial charge >= 0.3 is 5.97 Å². The molecule has 1 aliphatic heterocycles. The average molecular weight is 260 g/mol. The minimum absolute atomic E-state index is 0.0692. The lowest BCUT2D eigenvalue weighted by molar-refractivity contribution is -0.136. The van der Waals surface area contributed by atoms with Gasteiger partial charge in [-0.05, 0) is 18.2 Å². The van der Waals surface area contributed by atoms with Crippen molar-refractivity contribution in [2.45, 2.75) is 6.42 Å². The molecule has 0 fully saturated rings. The van der Waals surface area contributed by atoms with Crippen LogP contribution in [0.2, 0.25) is 0 Å². The van der Waals surface area contributed by atoms with Crippen LogP contribution < -0.4 is 9.47 Å². The number of nitrogens with one attached hydrogen (secondary N) is 1. The van der Waals surface area contributed by atoms with Crippen molar-refractivity contribution in [3.8, 4) is 22.8 Å². The fourth-order valence-corrected chi connectivity index (χ4v) is 2.06. The molecule has 0 amide bonds. The van der Waals surface area contributed by atoms with E-state index in [-0.39, 0.29) is 6.42 Å². The number of aromatic amines is 1. The highest BCUT2D eigenvalue weighted by molar-refractivity contribution is 5.75. The summed E-state index contributed by atoms with van der Waals surface area (Å²) in [6.45, 7) is 1.06. The van der Waals surface area contributed by atoms with Gasteiger partial charge in [-0.15, -0.1) is 0 Å². The summed E-state index contributed by atoms with van der Waals surface area (Å²) in [7, 11) is 0. The summed E-state index contributed by atoms with van der Waals surface area (Å²) in [6, 6.07) is 5.49. The van der Waals surface area contributed by atoms with Crippen LogP contribution in [0.3, 0.4) is 0 Å². The van der Waals surface area contributed by atoms with Crippen LogP contribution in [0.4, 0.5) is 0 Å². The lowest BCUT2D eigenvalue weighted by Gasteiger charge is -2.18. The molecule has 1 aromatic carbocycles. The minimum Gasteiger partial charge on any atom is -0.486 e. The van der Waals surface area contributed by atoms with E-state index in [0.29, 0.717) is 36.0 Å². The zero-order chi connectivity index (χ0) is 13.2. The fraction of sp³-hybridized carbons (Fsp3) is 0.231. The zero-order valence-corrected chi connectivity index (χ0v) is 10.0. The van der Waals surface area contributed by atoms with Gasteiger partial charge in [-0.1, -0.05) is 0 Å². The van der Waals surface area contributed by atoms with Crippen molar-refractivity contribution in [3.05, 3.63) is 30.0 Å². The van der Waals surface area contributed by atoms with Crippen molar-refractivity contribution in [1.82, 2.24) is 10.2 Å². The van der Waals surface area contributed by atoms with Crippen molar-refractivity contribution >= 4 is 5.97 Å². The second kappa shape index (κ2) is 4.64. The van der Waals surface area contributed by atoms with E-state index in [1.807, 2.05) is 18.2 Å². The minimum atomic E-state index is -0.889. The van der Waals surface area contributed by atoms with Crippen LogP contribution in [0, 0.1) is 0 Å². The number of benzene rings is 1. The Balaban J connectivity index is 1.98. The first-order valence-corrected chi connectivity index (χ1v) is 5.88. The number of hydrogen-bond donors (Lipinski definition) is 2. The molecule has 0 saturated carbocycles. The summed E-state index contributed by atoms with van der Waals surface area (Å²) in [5.74, 6) is 0.481. The summed E-state index contributed by atoms with van der Waals surface area (Å²) in [6.07, 6.45) is 1.46. The molecule has 0 saturated heterocycles. The van der Waals surface area contributed by atoms with E-state index in [4.69, 9.17) is 14.6 Å². The molecule has 3 rings (SSSR count). The van der Waals surface area contributed by atoms with Crippen LogP contribution in [0.1, 0.15) is 5.56 Å². The highest BCUT2D eigenvalue weighted by atomic mass is 16.6. The summed E-state index contributed by atoms with van der Waals surface area (Å²) < 4.78 is 11.0. The molecule has 0 spiro atoms. The molecule has 0 unspecified atom stereocenters. The third-order valence-corrected chi connectivity index (χ3v) is 2.89. The van der Waals surface area contributed by atoms with Crippen LogP contribution in [0.15, 0.2) is 24.4 Å². The van der Waals surface area contributed by atoms with E-state index in [1.54, 1.807) is 0 Å². The first-order valence-electron chi connectivity index (χ1n) is 5.88. The molecule has 0 radical (unpaired) electrons. The van der Waals surface area contributed by atoms with Gasteiger partial charge in [0.2, 0.25) is 0 Å². The smallest absolute Gasteiger partial charge is 0.307 e. The Morgan fingerprint density at radius 2 is 2.11 bits per heavy atom. The molecule has 98 valence electrons. The van der Waals surface area contributed by atoms with Crippen molar-refractivity contribution in [3.63, 3.8) is 0 Å². The fourth-order valence-electron chi connectivity index (χ4n) is 2.06. The maximum atomic E-state index is 10.8. The maximum Gasteiger partial charge on any atom is 0.307 e. The van der Waals surface area contributed by atoms with Crippen LogP contribution in [-0.4, -0.2) is 34.5 Å². The number of fused-ring (bicyclic) bond motifs is 1. The molecule has 0 aliphatic carbocycles. The lowest BCUT2D eigenvalue weighted by atomic mass is 10.1. The monoisotopic (exact) mass is 260 g/mol. The van der Waals surface area contributed by atoms with Gasteiger partial charge in [0.25, 0.3) is 0 Å². The molecule has 19 heavy (non-hydrogen) atoms. The lowest BCUT2D eigenvalue weighted by Crippen LogP contribution is -2.15. The van der Waals surface area contributed by atoms with Crippen LogP contribution >= 0.6 is 0 Å². The van der Waals surface area contributed by atoms with E-state index in [9.17, 15) is 4.79 Å². The van der Waals surface area contributed by atoms with E-state index in [1.165, 1.54) is 6.20 Å². The highest BCUT2D eigenvalue weighted by Crippen LogP contribution is 2.34. The van der Waals surface area contributed by atoms with Gasteiger partial charge in [-0.3, -0.25) is 9.89 Å². The molecule has 6 nitrogen and oxygen atoms in total. The molecule has 6 heteroatoms. The topological polar surface area (TPSA) is 84.4 Å². The van der Waals surface area contributed by atoms with Gasteiger partial charge in [-0.2, -0.15) is 5.10 Å². The predicted molar refractivity (Wildman–Crippen MR) is 66.4 cm³/mol. The van der Waals surface area contributed by atoms with Crippen molar-refractivity contribution in [2.24, 2.45) is 0 Å². The largest absolute Gasteiger partial charge is 0.486 e. The number of aliphatic carboxylic acids is 1. The van der Waals surface area contributed by atoms with Crippen molar-refractivity contribution in [2.75, 3.05) is 13.2 Å². The third-order valence-electron chi connectivity index (χ3n) is 2.89. The van der Waals surface area contributed by atoms with E-state index in [0.717, 1.165) is 5.56 Å². The Morgan fingerprint density at radius 3 is 2.89 bits per heavy atom. The molecule has 1 aliphatic rings. The molecule has 0 atom stereocenters.